The molecule has 0 bridgehead atoms. The Morgan fingerprint density at radius 2 is 1.84 bits per heavy atom. The van der Waals surface area contributed by atoms with Crippen LogP contribution in [0.1, 0.15) is 28.6 Å². The van der Waals surface area contributed by atoms with Gasteiger partial charge in [0.05, 0.1) is 6.04 Å². The molecule has 5 nitrogen and oxygen atoms in total. The molecule has 0 saturated carbocycles. The van der Waals surface area contributed by atoms with Crippen molar-refractivity contribution in [1.82, 2.24) is 10.1 Å². The van der Waals surface area contributed by atoms with Crippen molar-refractivity contribution in [2.45, 2.75) is 19.9 Å². The number of fused-ring (bicyclic) bond motifs is 1. The number of H-pyrrole nitrogens is 1. The van der Waals surface area contributed by atoms with Crippen molar-refractivity contribution in [1.29, 1.82) is 0 Å². The van der Waals surface area contributed by atoms with Crippen molar-refractivity contribution >= 4 is 16.7 Å². The van der Waals surface area contributed by atoms with E-state index < -0.39 is 0 Å². The summed E-state index contributed by atoms with van der Waals surface area (Å²) >= 11 is 0. The number of aromatic amines is 1. The number of hydrogen-bond acceptors (Lipinski definition) is 4. The summed E-state index contributed by atoms with van der Waals surface area (Å²) in [5.41, 5.74) is 3.98. The summed E-state index contributed by atoms with van der Waals surface area (Å²) in [6.45, 7) is 3.89. The molecule has 126 valence electrons. The Morgan fingerprint density at radius 1 is 1.08 bits per heavy atom. The molecule has 2 aromatic heterocycles. The number of aryl methyl sites for hydroxylation is 2. The molecule has 0 saturated heterocycles. The number of para-hydroxylation sites is 2. The molecule has 4 rings (SSSR count). The highest BCUT2D eigenvalue weighted by Crippen LogP contribution is 2.37. The van der Waals surface area contributed by atoms with E-state index >= 15 is 0 Å². The van der Waals surface area contributed by atoms with Crippen LogP contribution in [0.3, 0.4) is 0 Å². The van der Waals surface area contributed by atoms with Crippen LogP contribution in [-0.4, -0.2) is 15.2 Å². The maximum Gasteiger partial charge on any atom is 0.170 e. The number of aromatic nitrogens is 2. The molecule has 1 atom stereocenters. The molecule has 0 aliphatic heterocycles. The summed E-state index contributed by atoms with van der Waals surface area (Å²) < 4.78 is 5.18. The zero-order valence-corrected chi connectivity index (χ0v) is 14.1. The van der Waals surface area contributed by atoms with Crippen LogP contribution in [0, 0.1) is 13.8 Å². The first-order chi connectivity index (χ1) is 12.1. The van der Waals surface area contributed by atoms with Crippen LogP contribution in [-0.2, 0) is 0 Å². The van der Waals surface area contributed by atoms with Crippen molar-refractivity contribution in [3.8, 4) is 5.75 Å². The lowest BCUT2D eigenvalue weighted by Crippen LogP contribution is -2.13. The van der Waals surface area contributed by atoms with Gasteiger partial charge in [0.1, 0.15) is 11.5 Å². The Balaban J connectivity index is 1.90. The van der Waals surface area contributed by atoms with E-state index in [1.807, 2.05) is 56.3 Å². The molecule has 25 heavy (non-hydrogen) atoms. The van der Waals surface area contributed by atoms with Gasteiger partial charge in [0.2, 0.25) is 0 Å². The van der Waals surface area contributed by atoms with Gasteiger partial charge in [0, 0.05) is 33.8 Å². The minimum absolute atomic E-state index is 0.241. The number of nitrogens with one attached hydrogen (secondary N) is 2. The van der Waals surface area contributed by atoms with Crippen molar-refractivity contribution in [3.05, 3.63) is 77.2 Å². The maximum absolute atomic E-state index is 10.4. The first kappa shape index (κ1) is 15.3. The molecule has 2 heterocycles. The topological polar surface area (TPSA) is 74.1 Å². The van der Waals surface area contributed by atoms with E-state index in [0.717, 1.165) is 33.5 Å². The number of rotatable bonds is 4. The standard InChI is InChI=1S/C20H19N3O2/c1-12-11-18(23-25-12)22-20(15-8-4-6-10-17(15)24)19-13(2)21-16-9-5-3-7-14(16)19/h3-11,20-21,24H,1-2H3,(H,22,23). The molecule has 2 aromatic carbocycles. The lowest BCUT2D eigenvalue weighted by molar-refractivity contribution is 0.399. The molecule has 0 amide bonds. The van der Waals surface area contributed by atoms with Crippen LogP contribution in [0.5, 0.6) is 5.75 Å². The minimum Gasteiger partial charge on any atom is -0.508 e. The normalized spacial score (nSPS) is 12.4. The van der Waals surface area contributed by atoms with Crippen LogP contribution in [0.15, 0.2) is 59.1 Å². The predicted molar refractivity (Wildman–Crippen MR) is 97.8 cm³/mol. The molecule has 0 aliphatic rings. The Hall–Kier alpha value is -3.21. The van der Waals surface area contributed by atoms with Gasteiger partial charge in [-0.1, -0.05) is 41.6 Å². The number of anilines is 1. The van der Waals surface area contributed by atoms with Crippen LogP contribution >= 0.6 is 0 Å². The first-order valence-corrected chi connectivity index (χ1v) is 8.18. The number of phenolic OH excluding ortho intramolecular Hbond substituents is 1. The highest BCUT2D eigenvalue weighted by molar-refractivity contribution is 5.86. The largest absolute Gasteiger partial charge is 0.508 e. The van der Waals surface area contributed by atoms with E-state index in [2.05, 4.69) is 21.5 Å². The average Bonchev–Trinajstić information content (AvgIpc) is 3.15. The minimum atomic E-state index is -0.262. The van der Waals surface area contributed by atoms with Crippen LogP contribution in [0.25, 0.3) is 10.9 Å². The highest BCUT2D eigenvalue weighted by Gasteiger charge is 2.24. The van der Waals surface area contributed by atoms with E-state index in [0.29, 0.717) is 5.82 Å². The van der Waals surface area contributed by atoms with Crippen LogP contribution in [0.2, 0.25) is 0 Å². The van der Waals surface area contributed by atoms with E-state index in [1.165, 1.54) is 0 Å². The molecular formula is C20H19N3O2. The van der Waals surface area contributed by atoms with Gasteiger partial charge in [-0.3, -0.25) is 0 Å². The second kappa shape index (κ2) is 6.02. The van der Waals surface area contributed by atoms with Crippen LogP contribution < -0.4 is 5.32 Å². The molecule has 0 spiro atoms. The molecular weight excluding hydrogens is 314 g/mol. The second-order valence-electron chi connectivity index (χ2n) is 6.17. The zero-order valence-electron chi connectivity index (χ0n) is 14.1. The van der Waals surface area contributed by atoms with Gasteiger partial charge in [-0.2, -0.15) is 0 Å². The quantitative estimate of drug-likeness (QED) is 0.507. The van der Waals surface area contributed by atoms with E-state index in [-0.39, 0.29) is 11.8 Å². The summed E-state index contributed by atoms with van der Waals surface area (Å²) in [7, 11) is 0. The molecule has 0 fully saturated rings. The summed E-state index contributed by atoms with van der Waals surface area (Å²) in [6.07, 6.45) is 0. The molecule has 1 unspecified atom stereocenters. The third-order valence-corrected chi connectivity index (χ3v) is 4.40. The van der Waals surface area contributed by atoms with Gasteiger partial charge in [-0.05, 0) is 26.0 Å². The van der Waals surface area contributed by atoms with Gasteiger partial charge >= 0.3 is 0 Å². The van der Waals surface area contributed by atoms with Gasteiger partial charge in [-0.25, -0.2) is 0 Å². The van der Waals surface area contributed by atoms with Crippen molar-refractivity contribution < 1.29 is 9.63 Å². The third kappa shape index (κ3) is 2.74. The molecule has 0 radical (unpaired) electrons. The van der Waals surface area contributed by atoms with Crippen molar-refractivity contribution in [2.75, 3.05) is 5.32 Å². The Kier molecular flexibility index (Phi) is 3.69. The SMILES string of the molecule is Cc1cc(NC(c2ccccc2O)c2c(C)[nH]c3ccccc23)no1. The van der Waals surface area contributed by atoms with Gasteiger partial charge in [0.15, 0.2) is 5.82 Å². The number of hydrogen-bond donors (Lipinski definition) is 3. The molecule has 3 N–H and O–H groups in total. The van der Waals surface area contributed by atoms with E-state index in [1.54, 1.807) is 6.07 Å². The van der Waals surface area contributed by atoms with Crippen molar-refractivity contribution in [2.24, 2.45) is 0 Å². The Bertz CT molecular complexity index is 1030. The molecule has 5 heteroatoms. The van der Waals surface area contributed by atoms with Crippen LogP contribution in [0.4, 0.5) is 5.82 Å². The number of aromatic hydroxyl groups is 1. The smallest absolute Gasteiger partial charge is 0.170 e. The summed E-state index contributed by atoms with van der Waals surface area (Å²) in [5, 5.41) is 19.0. The zero-order chi connectivity index (χ0) is 17.4. The Morgan fingerprint density at radius 3 is 2.60 bits per heavy atom. The fraction of sp³-hybridized carbons (Fsp3) is 0.150. The first-order valence-electron chi connectivity index (χ1n) is 8.18. The summed E-state index contributed by atoms with van der Waals surface area (Å²) in [6, 6.07) is 17.1. The molecule has 0 aliphatic carbocycles. The number of benzene rings is 2. The lowest BCUT2D eigenvalue weighted by Gasteiger charge is -2.20. The summed E-state index contributed by atoms with van der Waals surface area (Å²) in [5.74, 6) is 1.61. The highest BCUT2D eigenvalue weighted by atomic mass is 16.5. The predicted octanol–water partition coefficient (Wildman–Crippen LogP) is 4.68. The van der Waals surface area contributed by atoms with E-state index in [9.17, 15) is 5.11 Å². The number of nitrogens with zero attached hydrogens (tertiary/aromatic N) is 1. The second-order valence-corrected chi connectivity index (χ2v) is 6.17. The fourth-order valence-electron chi connectivity index (χ4n) is 3.29. The van der Waals surface area contributed by atoms with Crippen molar-refractivity contribution in [3.63, 3.8) is 0 Å². The average molecular weight is 333 g/mol. The van der Waals surface area contributed by atoms with Gasteiger partial charge in [-0.15, -0.1) is 0 Å². The maximum atomic E-state index is 10.4. The van der Waals surface area contributed by atoms with E-state index in [4.69, 9.17) is 4.52 Å². The molecule has 4 aromatic rings. The summed E-state index contributed by atoms with van der Waals surface area (Å²) in [4.78, 5) is 3.42. The third-order valence-electron chi connectivity index (χ3n) is 4.40. The number of phenols is 1. The van der Waals surface area contributed by atoms with Gasteiger partial charge in [0.25, 0.3) is 0 Å². The Labute approximate surface area is 145 Å². The van der Waals surface area contributed by atoms with Gasteiger partial charge < -0.3 is 19.9 Å². The fourth-order valence-corrected chi connectivity index (χ4v) is 3.29. The lowest BCUT2D eigenvalue weighted by atomic mass is 9.95. The monoisotopic (exact) mass is 333 g/mol.